The maximum absolute atomic E-state index is 13.1. The van der Waals surface area contributed by atoms with Crippen molar-refractivity contribution in [3.05, 3.63) is 70.5 Å². The Hall–Kier alpha value is -3.17. The molecule has 1 aliphatic rings. The lowest BCUT2D eigenvalue weighted by Crippen LogP contribution is -2.43. The number of hydrogen-bond acceptors (Lipinski definition) is 6. The summed E-state index contributed by atoms with van der Waals surface area (Å²) >= 11 is 1.16. The maximum Gasteiger partial charge on any atom is 0.262 e. The van der Waals surface area contributed by atoms with E-state index in [2.05, 4.69) is 15.8 Å². The number of aromatic nitrogens is 2. The normalized spacial score (nSPS) is 15.6. The van der Waals surface area contributed by atoms with E-state index in [4.69, 9.17) is 4.74 Å². The van der Waals surface area contributed by atoms with Crippen LogP contribution in [-0.2, 0) is 27.3 Å². The van der Waals surface area contributed by atoms with E-state index in [0.717, 1.165) is 30.2 Å². The lowest BCUT2D eigenvalue weighted by Gasteiger charge is -2.16. The highest BCUT2D eigenvalue weighted by Gasteiger charge is 2.20. The second-order valence-corrected chi connectivity index (χ2v) is 8.45. The Balaban J connectivity index is 1.40. The van der Waals surface area contributed by atoms with Crippen LogP contribution in [0.5, 0.6) is 0 Å². The number of nitrogens with zero attached hydrogens (tertiary/aromatic N) is 2. The van der Waals surface area contributed by atoms with Crippen molar-refractivity contribution in [3.8, 4) is 0 Å². The molecule has 1 fully saturated rings. The fourth-order valence-electron chi connectivity index (χ4n) is 3.54. The number of nitrogens with one attached hydrogen (secondary N) is 2. The molecule has 8 nitrogen and oxygen atoms in total. The third-order valence-corrected chi connectivity index (χ3v) is 6.09. The summed E-state index contributed by atoms with van der Waals surface area (Å²) in [6, 6.07) is 16.4. The molecule has 1 atom stereocenters. The molecule has 2 heterocycles. The van der Waals surface area contributed by atoms with Crippen LogP contribution in [0, 0.1) is 0 Å². The zero-order valence-electron chi connectivity index (χ0n) is 17.5. The first kappa shape index (κ1) is 22.0. The molecule has 1 saturated heterocycles. The van der Waals surface area contributed by atoms with Crippen molar-refractivity contribution in [2.45, 2.75) is 37.1 Å². The second kappa shape index (κ2) is 10.4. The third-order valence-electron chi connectivity index (χ3n) is 5.12. The van der Waals surface area contributed by atoms with Gasteiger partial charge in [0.05, 0.1) is 35.7 Å². The lowest BCUT2D eigenvalue weighted by molar-refractivity contribution is -0.127. The van der Waals surface area contributed by atoms with Crippen molar-refractivity contribution in [3.63, 3.8) is 0 Å². The van der Waals surface area contributed by atoms with Crippen LogP contribution in [0.2, 0.25) is 0 Å². The Morgan fingerprint density at radius 2 is 1.81 bits per heavy atom. The van der Waals surface area contributed by atoms with E-state index in [1.54, 1.807) is 22.8 Å². The molecule has 0 spiro atoms. The Kier molecular flexibility index (Phi) is 7.18. The van der Waals surface area contributed by atoms with Crippen LogP contribution in [0.4, 0.5) is 0 Å². The van der Waals surface area contributed by atoms with Crippen LogP contribution in [0.1, 0.15) is 18.4 Å². The van der Waals surface area contributed by atoms with Crippen LogP contribution in [0.3, 0.4) is 0 Å². The number of para-hydroxylation sites is 1. The van der Waals surface area contributed by atoms with Crippen molar-refractivity contribution in [2.24, 2.45) is 0 Å². The first-order chi connectivity index (χ1) is 15.6. The smallest absolute Gasteiger partial charge is 0.262 e. The zero-order valence-corrected chi connectivity index (χ0v) is 18.3. The number of hydrazine groups is 1. The first-order valence-corrected chi connectivity index (χ1v) is 11.4. The summed E-state index contributed by atoms with van der Waals surface area (Å²) in [7, 11) is 0. The lowest BCUT2D eigenvalue weighted by atomic mass is 10.1. The molecule has 166 valence electrons. The van der Waals surface area contributed by atoms with E-state index in [-0.39, 0.29) is 35.7 Å². The largest absolute Gasteiger partial charge is 0.376 e. The van der Waals surface area contributed by atoms with Crippen molar-refractivity contribution < 1.29 is 14.3 Å². The fourth-order valence-corrected chi connectivity index (χ4v) is 4.35. The van der Waals surface area contributed by atoms with Gasteiger partial charge in [0.25, 0.3) is 5.56 Å². The summed E-state index contributed by atoms with van der Waals surface area (Å²) in [5, 5.41) is 0.988. The Morgan fingerprint density at radius 3 is 2.59 bits per heavy atom. The number of amides is 2. The number of fused-ring (bicyclic) bond motifs is 1. The predicted molar refractivity (Wildman–Crippen MR) is 122 cm³/mol. The van der Waals surface area contributed by atoms with Gasteiger partial charge in [-0.25, -0.2) is 4.98 Å². The molecule has 0 aliphatic carbocycles. The van der Waals surface area contributed by atoms with E-state index in [1.807, 2.05) is 36.4 Å². The molecule has 0 saturated carbocycles. The van der Waals surface area contributed by atoms with E-state index >= 15 is 0 Å². The van der Waals surface area contributed by atoms with Gasteiger partial charge in [0.1, 0.15) is 0 Å². The van der Waals surface area contributed by atoms with Gasteiger partial charge >= 0.3 is 0 Å². The van der Waals surface area contributed by atoms with Gasteiger partial charge in [-0.1, -0.05) is 54.2 Å². The topological polar surface area (TPSA) is 102 Å². The van der Waals surface area contributed by atoms with Crippen LogP contribution < -0.4 is 16.4 Å². The SMILES string of the molecule is O=C(CSc1nc2ccccc2c(=O)n1C[C@H]1CCCO1)NNC(=O)Cc1ccccc1. The molecule has 4 rings (SSSR count). The molecule has 1 aliphatic heterocycles. The summed E-state index contributed by atoms with van der Waals surface area (Å²) in [6.45, 7) is 1.09. The van der Waals surface area contributed by atoms with Crippen LogP contribution in [0.15, 0.2) is 64.5 Å². The Labute approximate surface area is 189 Å². The average Bonchev–Trinajstić information content (AvgIpc) is 3.32. The number of rotatable bonds is 7. The molecule has 0 unspecified atom stereocenters. The predicted octanol–water partition coefficient (Wildman–Crippen LogP) is 2.06. The van der Waals surface area contributed by atoms with Crippen molar-refractivity contribution in [1.29, 1.82) is 0 Å². The molecule has 3 aromatic rings. The highest BCUT2D eigenvalue weighted by Crippen LogP contribution is 2.20. The summed E-state index contributed by atoms with van der Waals surface area (Å²) in [5.74, 6) is -0.696. The third kappa shape index (κ3) is 5.54. The molecule has 0 radical (unpaired) electrons. The standard InChI is InChI=1S/C23H24N4O4S/c28-20(13-16-7-2-1-3-8-16)25-26-21(29)15-32-23-24-19-11-5-4-10-18(19)22(30)27(23)14-17-9-6-12-31-17/h1-5,7-8,10-11,17H,6,9,12-15H2,(H,25,28)(H,26,29)/t17-/m1/s1. The van der Waals surface area contributed by atoms with Crippen LogP contribution in [-0.4, -0.2) is 39.8 Å². The van der Waals surface area contributed by atoms with E-state index in [0.29, 0.717) is 29.2 Å². The van der Waals surface area contributed by atoms with Gasteiger partial charge in [0, 0.05) is 6.61 Å². The fraction of sp³-hybridized carbons (Fsp3) is 0.304. The quantitative estimate of drug-likeness (QED) is 0.323. The molecular weight excluding hydrogens is 428 g/mol. The molecule has 2 aromatic carbocycles. The van der Waals surface area contributed by atoms with Gasteiger partial charge in [-0.15, -0.1) is 0 Å². The zero-order chi connectivity index (χ0) is 22.3. The summed E-state index contributed by atoms with van der Waals surface area (Å²) in [6.07, 6.45) is 1.98. The molecule has 2 N–H and O–H groups in total. The number of benzene rings is 2. The van der Waals surface area contributed by atoms with Gasteiger partial charge in [0.15, 0.2) is 5.16 Å². The second-order valence-electron chi connectivity index (χ2n) is 7.51. The number of carbonyl (C=O) groups is 2. The molecule has 1 aromatic heterocycles. The van der Waals surface area contributed by atoms with Gasteiger partial charge in [-0.3, -0.25) is 29.8 Å². The number of thioether (sulfide) groups is 1. The number of hydrogen-bond donors (Lipinski definition) is 2. The van der Waals surface area contributed by atoms with Gasteiger partial charge in [-0.2, -0.15) is 0 Å². The minimum atomic E-state index is -0.387. The summed E-state index contributed by atoms with van der Waals surface area (Å²) in [4.78, 5) is 42.0. The van der Waals surface area contributed by atoms with Crippen molar-refractivity contribution in [2.75, 3.05) is 12.4 Å². The van der Waals surface area contributed by atoms with Crippen molar-refractivity contribution >= 4 is 34.5 Å². The molecule has 0 bridgehead atoms. The Morgan fingerprint density at radius 1 is 1.06 bits per heavy atom. The Bertz CT molecular complexity index is 1160. The summed E-state index contributed by atoms with van der Waals surface area (Å²) in [5.41, 5.74) is 6.13. The minimum Gasteiger partial charge on any atom is -0.376 e. The number of carbonyl (C=O) groups excluding carboxylic acids is 2. The monoisotopic (exact) mass is 452 g/mol. The van der Waals surface area contributed by atoms with Gasteiger partial charge in [-0.05, 0) is 30.5 Å². The molecule has 2 amide bonds. The van der Waals surface area contributed by atoms with Gasteiger partial charge < -0.3 is 4.74 Å². The van der Waals surface area contributed by atoms with Crippen LogP contribution >= 0.6 is 11.8 Å². The van der Waals surface area contributed by atoms with E-state index < -0.39 is 0 Å². The van der Waals surface area contributed by atoms with E-state index in [1.165, 1.54) is 0 Å². The number of ether oxygens (including phenoxy) is 1. The van der Waals surface area contributed by atoms with E-state index in [9.17, 15) is 14.4 Å². The molecular formula is C23H24N4O4S. The van der Waals surface area contributed by atoms with Gasteiger partial charge in [0.2, 0.25) is 11.8 Å². The highest BCUT2D eigenvalue weighted by atomic mass is 32.2. The average molecular weight is 453 g/mol. The van der Waals surface area contributed by atoms with Crippen LogP contribution in [0.25, 0.3) is 10.9 Å². The highest BCUT2D eigenvalue weighted by molar-refractivity contribution is 7.99. The van der Waals surface area contributed by atoms with Crippen molar-refractivity contribution in [1.82, 2.24) is 20.4 Å². The summed E-state index contributed by atoms with van der Waals surface area (Å²) < 4.78 is 7.28. The minimum absolute atomic E-state index is 0.00191. The molecule has 9 heteroatoms. The first-order valence-electron chi connectivity index (χ1n) is 10.5. The maximum atomic E-state index is 13.1. The molecule has 32 heavy (non-hydrogen) atoms.